The molecule has 0 aliphatic heterocycles. The Balaban J connectivity index is 1.85. The minimum atomic E-state index is -0.566. The lowest BCUT2D eigenvalue weighted by Gasteiger charge is -2.36. The van der Waals surface area contributed by atoms with Crippen molar-refractivity contribution >= 4 is 11.8 Å². The first-order chi connectivity index (χ1) is 15.4. The quantitative estimate of drug-likeness (QED) is 0.178. The molecule has 1 aromatic rings. The van der Waals surface area contributed by atoms with Crippen LogP contribution in [-0.4, -0.2) is 24.0 Å². The molecule has 1 fully saturated rings. The molecular formula is C29H42O4. The van der Waals surface area contributed by atoms with Gasteiger partial charge >= 0.3 is 5.97 Å². The van der Waals surface area contributed by atoms with Gasteiger partial charge in [-0.3, -0.25) is 9.59 Å². The molecule has 1 saturated carbocycles. The third kappa shape index (κ3) is 11.5. The van der Waals surface area contributed by atoms with E-state index in [0.29, 0.717) is 43.3 Å². The average Bonchev–Trinajstić information content (AvgIpc) is 2.66. The second-order valence-electron chi connectivity index (χ2n) is 11.6. The Labute approximate surface area is 200 Å². The van der Waals surface area contributed by atoms with E-state index >= 15 is 0 Å². The van der Waals surface area contributed by atoms with Gasteiger partial charge in [-0.05, 0) is 75.7 Å². The number of hydrogen-bond acceptors (Lipinski definition) is 4. The Morgan fingerprint density at radius 2 is 1.73 bits per heavy atom. The summed E-state index contributed by atoms with van der Waals surface area (Å²) in [6.45, 7) is 13.4. The minimum Gasteiger partial charge on any atom is -0.460 e. The fourth-order valence-electron chi connectivity index (χ4n) is 4.27. The molecule has 4 heteroatoms. The van der Waals surface area contributed by atoms with Crippen molar-refractivity contribution in [3.05, 3.63) is 35.9 Å². The number of hydrogen-bond donors (Lipinski definition) is 0. The van der Waals surface area contributed by atoms with E-state index in [2.05, 4.69) is 32.6 Å². The van der Waals surface area contributed by atoms with Crippen molar-refractivity contribution < 1.29 is 19.1 Å². The number of carbonyl (C=O) groups is 2. The molecule has 0 bridgehead atoms. The van der Waals surface area contributed by atoms with Gasteiger partial charge in [0.25, 0.3) is 0 Å². The maximum absolute atomic E-state index is 12.9. The Bertz CT molecular complexity index is 811. The summed E-state index contributed by atoms with van der Waals surface area (Å²) in [4.78, 5) is 25.2. The Morgan fingerprint density at radius 3 is 2.33 bits per heavy atom. The van der Waals surface area contributed by atoms with Crippen LogP contribution in [0.25, 0.3) is 0 Å². The molecule has 0 aromatic heterocycles. The van der Waals surface area contributed by atoms with Crippen LogP contribution in [-0.2, 0) is 25.7 Å². The van der Waals surface area contributed by atoms with E-state index in [1.165, 1.54) is 6.42 Å². The van der Waals surface area contributed by atoms with E-state index in [9.17, 15) is 9.59 Å². The second kappa shape index (κ2) is 12.4. The molecule has 0 unspecified atom stereocenters. The van der Waals surface area contributed by atoms with E-state index in [1.807, 2.05) is 51.1 Å². The van der Waals surface area contributed by atoms with Crippen molar-refractivity contribution in [1.29, 1.82) is 0 Å². The highest BCUT2D eigenvalue weighted by molar-refractivity contribution is 5.99. The molecule has 1 aliphatic carbocycles. The molecule has 0 N–H and O–H groups in total. The monoisotopic (exact) mass is 454 g/mol. The molecule has 182 valence electrons. The van der Waals surface area contributed by atoms with Crippen LogP contribution in [0.2, 0.25) is 0 Å². The van der Waals surface area contributed by atoms with Crippen molar-refractivity contribution in [1.82, 2.24) is 0 Å². The Hall–Kier alpha value is -2.12. The lowest BCUT2D eigenvalue weighted by Crippen LogP contribution is -2.28. The number of carbonyl (C=O) groups excluding carboxylic acids is 2. The van der Waals surface area contributed by atoms with Crippen molar-refractivity contribution in [2.45, 2.75) is 92.3 Å². The first-order valence-electron chi connectivity index (χ1n) is 12.3. The summed E-state index contributed by atoms with van der Waals surface area (Å²) in [5.74, 6) is 6.11. The van der Waals surface area contributed by atoms with E-state index in [1.54, 1.807) is 0 Å². The van der Waals surface area contributed by atoms with Gasteiger partial charge in [-0.2, -0.15) is 0 Å². The van der Waals surface area contributed by atoms with Crippen molar-refractivity contribution in [2.24, 2.45) is 23.2 Å². The smallest absolute Gasteiger partial charge is 0.307 e. The van der Waals surface area contributed by atoms with Crippen molar-refractivity contribution in [3.8, 4) is 11.8 Å². The minimum absolute atomic E-state index is 0.0702. The predicted octanol–water partition coefficient (Wildman–Crippen LogP) is 6.37. The molecule has 1 aliphatic rings. The number of ether oxygens (including phenoxy) is 2. The lowest BCUT2D eigenvalue weighted by atomic mass is 9.68. The fourth-order valence-corrected chi connectivity index (χ4v) is 4.27. The Morgan fingerprint density at radius 1 is 1.06 bits per heavy atom. The predicted molar refractivity (Wildman–Crippen MR) is 132 cm³/mol. The first-order valence-corrected chi connectivity index (χ1v) is 12.3. The van der Waals surface area contributed by atoms with Gasteiger partial charge in [0.2, 0.25) is 5.78 Å². The number of Topliss-reactive ketones (excluding diaryl/α,β-unsaturated/α-hetero) is 1. The first kappa shape index (κ1) is 27.1. The van der Waals surface area contributed by atoms with Crippen LogP contribution in [0.1, 0.15) is 85.6 Å². The lowest BCUT2D eigenvalue weighted by molar-refractivity contribution is -0.157. The van der Waals surface area contributed by atoms with Gasteiger partial charge in [0.05, 0.1) is 13.0 Å². The van der Waals surface area contributed by atoms with Crippen molar-refractivity contribution in [2.75, 3.05) is 6.61 Å². The number of esters is 1. The van der Waals surface area contributed by atoms with Crippen LogP contribution in [0, 0.1) is 35.0 Å². The molecule has 4 nitrogen and oxygen atoms in total. The standard InChI is InChI=1S/C29H42O4/c1-28(2,3)20-24-17-23(18-24)14-15-26(30)25(19-27(31)33-29(4,5)6)13-10-16-32-21-22-11-8-7-9-12-22/h7-9,11-12,23-25H,10,13,16-21H2,1-6H3/t23-,24+,25-/m0/s1. The Kier molecular flexibility index (Phi) is 10.2. The van der Waals surface area contributed by atoms with Gasteiger partial charge in [0.15, 0.2) is 0 Å². The number of benzene rings is 1. The summed E-state index contributed by atoms with van der Waals surface area (Å²) < 4.78 is 11.2. The second-order valence-corrected chi connectivity index (χ2v) is 11.6. The molecule has 33 heavy (non-hydrogen) atoms. The highest BCUT2D eigenvalue weighted by atomic mass is 16.6. The van der Waals surface area contributed by atoms with E-state index in [4.69, 9.17) is 9.47 Å². The van der Waals surface area contributed by atoms with Crippen LogP contribution in [0.4, 0.5) is 0 Å². The summed E-state index contributed by atoms with van der Waals surface area (Å²) >= 11 is 0. The topological polar surface area (TPSA) is 52.6 Å². The summed E-state index contributed by atoms with van der Waals surface area (Å²) in [6.07, 6.45) is 4.68. The zero-order valence-electron chi connectivity index (χ0n) is 21.4. The normalized spacial score (nSPS) is 19.1. The summed E-state index contributed by atoms with van der Waals surface area (Å²) in [6, 6.07) is 10.0. The largest absolute Gasteiger partial charge is 0.460 e. The van der Waals surface area contributed by atoms with Crippen molar-refractivity contribution in [3.63, 3.8) is 0 Å². The van der Waals surface area contributed by atoms with Gasteiger partial charge in [0, 0.05) is 18.4 Å². The third-order valence-electron chi connectivity index (χ3n) is 5.69. The van der Waals surface area contributed by atoms with Gasteiger partial charge in [-0.15, -0.1) is 0 Å². The summed E-state index contributed by atoms with van der Waals surface area (Å²) in [5.41, 5.74) is 0.887. The molecule has 0 spiro atoms. The van der Waals surface area contributed by atoms with E-state index < -0.39 is 11.5 Å². The van der Waals surface area contributed by atoms with Crippen LogP contribution in [0.5, 0.6) is 0 Å². The molecule has 0 amide bonds. The van der Waals surface area contributed by atoms with E-state index in [-0.39, 0.29) is 18.2 Å². The summed E-state index contributed by atoms with van der Waals surface area (Å²) in [5, 5.41) is 0. The van der Waals surface area contributed by atoms with E-state index in [0.717, 1.165) is 18.4 Å². The fraction of sp³-hybridized carbons (Fsp3) is 0.655. The maximum atomic E-state index is 12.9. The molecular weight excluding hydrogens is 412 g/mol. The van der Waals surface area contributed by atoms with Gasteiger partial charge in [0.1, 0.15) is 5.60 Å². The van der Waals surface area contributed by atoms with Crippen LogP contribution in [0.3, 0.4) is 0 Å². The third-order valence-corrected chi connectivity index (χ3v) is 5.69. The maximum Gasteiger partial charge on any atom is 0.307 e. The average molecular weight is 455 g/mol. The van der Waals surface area contributed by atoms with Crippen LogP contribution >= 0.6 is 0 Å². The molecule has 1 atom stereocenters. The molecule has 0 saturated heterocycles. The molecule has 2 rings (SSSR count). The van der Waals surface area contributed by atoms with Crippen LogP contribution in [0.15, 0.2) is 30.3 Å². The summed E-state index contributed by atoms with van der Waals surface area (Å²) in [7, 11) is 0. The zero-order chi connectivity index (χ0) is 24.5. The molecule has 0 radical (unpaired) electrons. The number of ketones is 1. The molecule has 1 aromatic carbocycles. The van der Waals surface area contributed by atoms with Gasteiger partial charge < -0.3 is 9.47 Å². The zero-order valence-corrected chi connectivity index (χ0v) is 21.4. The highest BCUT2D eigenvalue weighted by Gasteiger charge is 2.31. The molecule has 0 heterocycles. The van der Waals surface area contributed by atoms with Gasteiger partial charge in [-0.1, -0.05) is 57.0 Å². The van der Waals surface area contributed by atoms with Gasteiger partial charge in [-0.25, -0.2) is 0 Å². The highest BCUT2D eigenvalue weighted by Crippen LogP contribution is 2.40. The number of rotatable bonds is 10. The van der Waals surface area contributed by atoms with Crippen LogP contribution < -0.4 is 0 Å². The SMILES string of the molecule is CC(C)(C)C[C@H]1C[C@@H](C#CC(=O)[C@@H](CCCOCc2ccccc2)CC(=O)OC(C)(C)C)C1.